The summed E-state index contributed by atoms with van der Waals surface area (Å²) in [7, 11) is 0. The largest absolute Gasteiger partial charge is 0.444 e. The predicted molar refractivity (Wildman–Crippen MR) is 142 cm³/mol. The Morgan fingerprint density at radius 1 is 1.24 bits per heavy atom. The Labute approximate surface area is 213 Å². The number of nitrogens with one attached hydrogen (secondary N) is 5. The van der Waals surface area contributed by atoms with Crippen molar-refractivity contribution < 1.29 is 14.3 Å². The van der Waals surface area contributed by atoms with E-state index >= 15 is 0 Å². The molecule has 0 saturated carbocycles. The summed E-state index contributed by atoms with van der Waals surface area (Å²) in [6.45, 7) is 8.37. The van der Waals surface area contributed by atoms with Crippen LogP contribution in [0.5, 0.6) is 0 Å². The number of aromatic nitrogens is 4. The summed E-state index contributed by atoms with van der Waals surface area (Å²) in [5.74, 6) is 0.937. The van der Waals surface area contributed by atoms with Crippen LogP contribution in [0.3, 0.4) is 0 Å². The van der Waals surface area contributed by atoms with Gasteiger partial charge < -0.3 is 30.4 Å². The smallest absolute Gasteiger partial charge is 0.408 e. The number of aryl methyl sites for hydroxylation is 1. The summed E-state index contributed by atoms with van der Waals surface area (Å²) >= 11 is 0. The monoisotopic (exact) mass is 505 g/mol. The number of hydrogen-bond donors (Lipinski definition) is 5. The van der Waals surface area contributed by atoms with Gasteiger partial charge in [-0.2, -0.15) is 5.10 Å². The van der Waals surface area contributed by atoms with Gasteiger partial charge in [-0.3, -0.25) is 4.79 Å². The molecular formula is C26H31N7O4. The molecule has 5 rings (SSSR count). The van der Waals surface area contributed by atoms with Gasteiger partial charge >= 0.3 is 6.09 Å². The van der Waals surface area contributed by atoms with Crippen molar-refractivity contribution in [1.82, 2.24) is 25.5 Å². The summed E-state index contributed by atoms with van der Waals surface area (Å²) < 4.78 is 11.0. The van der Waals surface area contributed by atoms with Crippen LogP contribution >= 0.6 is 0 Å². The lowest BCUT2D eigenvalue weighted by atomic mass is 10.0. The number of carbonyl (C=O) groups excluding carboxylic acids is 1. The number of anilines is 3. The number of aromatic amines is 2. The van der Waals surface area contributed by atoms with Crippen molar-refractivity contribution in [3.63, 3.8) is 0 Å². The van der Waals surface area contributed by atoms with E-state index < -0.39 is 11.7 Å². The SMILES string of the molecule is Cc1c[nH]c2c(Nc3nc(NC4CCOC[C@@H]4NC(=O)OC(C)(C)C)cc4cn[nH]c(=O)c34)cccc12. The Morgan fingerprint density at radius 3 is 2.89 bits per heavy atom. The van der Waals surface area contributed by atoms with E-state index in [1.54, 1.807) is 12.3 Å². The van der Waals surface area contributed by atoms with Crippen LogP contribution < -0.4 is 21.5 Å². The van der Waals surface area contributed by atoms with E-state index in [4.69, 9.17) is 14.5 Å². The van der Waals surface area contributed by atoms with Gasteiger partial charge in [0, 0.05) is 23.6 Å². The fourth-order valence-electron chi connectivity index (χ4n) is 4.51. The number of amides is 1. The molecular weight excluding hydrogens is 474 g/mol. The fraction of sp³-hybridized carbons (Fsp3) is 0.385. The molecule has 194 valence electrons. The number of nitrogens with zero attached hydrogens (tertiary/aromatic N) is 2. The zero-order chi connectivity index (χ0) is 26.2. The third-order valence-corrected chi connectivity index (χ3v) is 6.21. The molecule has 4 heterocycles. The van der Waals surface area contributed by atoms with Gasteiger partial charge in [0.2, 0.25) is 0 Å². The molecule has 4 aromatic rings. The first-order valence-corrected chi connectivity index (χ1v) is 12.2. The average molecular weight is 506 g/mol. The topological polar surface area (TPSA) is 146 Å². The van der Waals surface area contributed by atoms with Crippen molar-refractivity contribution in [3.05, 3.63) is 52.6 Å². The number of pyridine rings is 1. The van der Waals surface area contributed by atoms with Gasteiger partial charge in [0.15, 0.2) is 0 Å². The molecule has 0 spiro atoms. The average Bonchev–Trinajstić information content (AvgIpc) is 3.21. The number of alkyl carbamates (subject to hydrolysis) is 1. The van der Waals surface area contributed by atoms with Crippen LogP contribution in [0.1, 0.15) is 32.8 Å². The van der Waals surface area contributed by atoms with Crippen LogP contribution in [0, 0.1) is 6.92 Å². The van der Waals surface area contributed by atoms with Crippen LogP contribution in [0.4, 0.5) is 22.1 Å². The molecule has 5 N–H and O–H groups in total. The third-order valence-electron chi connectivity index (χ3n) is 6.21. The lowest BCUT2D eigenvalue weighted by molar-refractivity contribution is 0.0318. The standard InChI is InChI=1S/C26H31N7O4/c1-14-11-27-22-16(14)6-5-7-18(22)30-23-21-15(12-28-33-24(21)34)10-20(32-23)29-17-8-9-36-13-19(17)31-25(35)37-26(2,3)4/h5-7,10-12,17,19,27H,8-9,13H2,1-4H3,(H,31,35)(H,33,34)(H2,29,30,32)/t17?,19-/m0/s1. The Morgan fingerprint density at radius 2 is 2.08 bits per heavy atom. The van der Waals surface area contributed by atoms with Crippen LogP contribution in [0.15, 0.2) is 41.5 Å². The minimum Gasteiger partial charge on any atom is -0.444 e. The van der Waals surface area contributed by atoms with Crippen molar-refractivity contribution in [2.24, 2.45) is 0 Å². The highest BCUT2D eigenvalue weighted by Crippen LogP contribution is 2.30. The molecule has 1 aromatic carbocycles. The number of para-hydroxylation sites is 1. The highest BCUT2D eigenvalue weighted by Gasteiger charge is 2.29. The van der Waals surface area contributed by atoms with Gasteiger partial charge in [-0.1, -0.05) is 12.1 Å². The molecule has 11 heteroatoms. The highest BCUT2D eigenvalue weighted by atomic mass is 16.6. The van der Waals surface area contributed by atoms with Gasteiger partial charge in [0.25, 0.3) is 5.56 Å². The number of H-pyrrole nitrogens is 2. The van der Waals surface area contributed by atoms with Crippen LogP contribution in [0.2, 0.25) is 0 Å². The second-order valence-corrected chi connectivity index (χ2v) is 10.2. The molecule has 1 fully saturated rings. The Kier molecular flexibility index (Phi) is 6.46. The van der Waals surface area contributed by atoms with E-state index in [1.165, 1.54) is 0 Å². The summed E-state index contributed by atoms with van der Waals surface area (Å²) in [5, 5.41) is 18.3. The van der Waals surface area contributed by atoms with Crippen LogP contribution in [-0.2, 0) is 9.47 Å². The quantitative estimate of drug-likeness (QED) is 0.274. The Balaban J connectivity index is 1.47. The number of fused-ring (bicyclic) bond motifs is 2. The van der Waals surface area contributed by atoms with Gasteiger partial charge in [-0.05, 0) is 51.8 Å². The minimum absolute atomic E-state index is 0.163. The van der Waals surface area contributed by atoms with E-state index in [-0.39, 0.29) is 17.6 Å². The van der Waals surface area contributed by atoms with Crippen LogP contribution in [0.25, 0.3) is 21.7 Å². The molecule has 0 bridgehead atoms. The highest BCUT2D eigenvalue weighted by molar-refractivity contribution is 5.99. The van der Waals surface area contributed by atoms with E-state index in [0.29, 0.717) is 42.0 Å². The molecule has 37 heavy (non-hydrogen) atoms. The first-order valence-electron chi connectivity index (χ1n) is 12.2. The van der Waals surface area contributed by atoms with E-state index in [2.05, 4.69) is 31.1 Å². The van der Waals surface area contributed by atoms with Crippen molar-refractivity contribution in [2.45, 2.75) is 51.8 Å². The van der Waals surface area contributed by atoms with Crippen LogP contribution in [-0.4, -0.2) is 57.2 Å². The molecule has 1 aliphatic rings. The predicted octanol–water partition coefficient (Wildman–Crippen LogP) is 3.95. The van der Waals surface area contributed by atoms with Gasteiger partial charge in [0.1, 0.15) is 17.2 Å². The summed E-state index contributed by atoms with van der Waals surface area (Å²) in [6, 6.07) is 7.21. The first kappa shape index (κ1) is 24.6. The second-order valence-electron chi connectivity index (χ2n) is 10.2. The molecule has 1 saturated heterocycles. The molecule has 1 unspecified atom stereocenters. The van der Waals surface area contributed by atoms with Crippen molar-refractivity contribution in [1.29, 1.82) is 0 Å². The van der Waals surface area contributed by atoms with Crippen molar-refractivity contribution in [3.8, 4) is 0 Å². The molecule has 11 nitrogen and oxygen atoms in total. The number of benzene rings is 1. The van der Waals surface area contributed by atoms with Crippen molar-refractivity contribution >= 4 is 45.1 Å². The second kappa shape index (κ2) is 9.74. The number of rotatable bonds is 5. The third kappa shape index (κ3) is 5.36. The van der Waals surface area contributed by atoms with E-state index in [9.17, 15) is 9.59 Å². The van der Waals surface area contributed by atoms with Gasteiger partial charge in [-0.15, -0.1) is 0 Å². The van der Waals surface area contributed by atoms with Gasteiger partial charge in [0.05, 0.1) is 41.5 Å². The normalized spacial score (nSPS) is 18.1. The summed E-state index contributed by atoms with van der Waals surface area (Å²) in [6.07, 6.45) is 3.68. The van der Waals surface area contributed by atoms with Crippen molar-refractivity contribution in [2.75, 3.05) is 23.8 Å². The number of ether oxygens (including phenoxy) is 2. The fourth-order valence-corrected chi connectivity index (χ4v) is 4.51. The molecule has 0 aliphatic carbocycles. The Bertz CT molecular complexity index is 1500. The van der Waals surface area contributed by atoms with Gasteiger partial charge in [-0.25, -0.2) is 14.9 Å². The zero-order valence-electron chi connectivity index (χ0n) is 21.3. The number of hydrogen-bond acceptors (Lipinski definition) is 8. The maximum atomic E-state index is 12.7. The lowest BCUT2D eigenvalue weighted by Gasteiger charge is -2.33. The molecule has 1 amide bonds. The summed E-state index contributed by atoms with van der Waals surface area (Å²) in [4.78, 5) is 33.2. The molecule has 0 radical (unpaired) electrons. The maximum absolute atomic E-state index is 12.7. The number of carbonyl (C=O) groups is 1. The lowest BCUT2D eigenvalue weighted by Crippen LogP contribution is -2.53. The zero-order valence-corrected chi connectivity index (χ0v) is 21.3. The molecule has 3 aromatic heterocycles. The summed E-state index contributed by atoms with van der Waals surface area (Å²) in [5.41, 5.74) is 1.89. The molecule has 1 aliphatic heterocycles. The Hall–Kier alpha value is -4.12. The first-order chi connectivity index (χ1) is 17.7. The molecule has 2 atom stereocenters. The van der Waals surface area contributed by atoms with E-state index in [1.807, 2.05) is 52.1 Å². The maximum Gasteiger partial charge on any atom is 0.408 e. The van der Waals surface area contributed by atoms with E-state index in [0.717, 1.165) is 22.2 Å². The minimum atomic E-state index is -0.608.